The zero-order valence-corrected chi connectivity index (χ0v) is 11.0. The standard InChI is InChI=1S/C10H8BrN5S/c11-6-1-7(17-4-6)2-12-9-8-3-15-16-10(8)14-5-13-9/h1,3-5H,2H2,(H2,12,13,14,15,16). The summed E-state index contributed by atoms with van der Waals surface area (Å²) >= 11 is 5.13. The smallest absolute Gasteiger partial charge is 0.160 e. The summed E-state index contributed by atoms with van der Waals surface area (Å²) < 4.78 is 1.11. The van der Waals surface area contributed by atoms with Gasteiger partial charge in [0.25, 0.3) is 0 Å². The molecule has 0 spiro atoms. The number of halogens is 1. The summed E-state index contributed by atoms with van der Waals surface area (Å²) in [5.74, 6) is 0.799. The number of rotatable bonds is 3. The van der Waals surface area contributed by atoms with Gasteiger partial charge in [-0.25, -0.2) is 9.97 Å². The maximum atomic E-state index is 4.21. The van der Waals surface area contributed by atoms with E-state index in [1.807, 2.05) is 0 Å². The number of aromatic amines is 1. The van der Waals surface area contributed by atoms with Crippen molar-refractivity contribution < 1.29 is 0 Å². The third-order valence-electron chi connectivity index (χ3n) is 2.30. The third-order valence-corrected chi connectivity index (χ3v) is 4.00. The van der Waals surface area contributed by atoms with Crippen molar-refractivity contribution in [3.8, 4) is 0 Å². The van der Waals surface area contributed by atoms with Crippen molar-refractivity contribution in [3.05, 3.63) is 33.3 Å². The molecule has 0 saturated heterocycles. The lowest BCUT2D eigenvalue weighted by Crippen LogP contribution is -2.00. The Morgan fingerprint density at radius 2 is 2.35 bits per heavy atom. The maximum absolute atomic E-state index is 4.21. The van der Waals surface area contributed by atoms with E-state index < -0.39 is 0 Å². The second-order valence-corrected chi connectivity index (χ2v) is 5.35. The molecule has 0 amide bonds. The molecule has 3 aromatic rings. The summed E-state index contributed by atoms with van der Waals surface area (Å²) in [7, 11) is 0. The van der Waals surface area contributed by atoms with Gasteiger partial charge >= 0.3 is 0 Å². The fourth-order valence-electron chi connectivity index (χ4n) is 1.52. The zero-order valence-electron chi connectivity index (χ0n) is 8.64. The highest BCUT2D eigenvalue weighted by Crippen LogP contribution is 2.22. The summed E-state index contributed by atoms with van der Waals surface area (Å²) in [6, 6.07) is 2.09. The SMILES string of the molecule is Brc1csc(CNc2ncnc3[nH]ncc23)c1. The average Bonchev–Trinajstić information content (AvgIpc) is 2.94. The van der Waals surface area contributed by atoms with Crippen LogP contribution < -0.4 is 5.32 Å². The van der Waals surface area contributed by atoms with Gasteiger partial charge in [-0.05, 0) is 22.0 Å². The van der Waals surface area contributed by atoms with Crippen LogP contribution in [0.3, 0.4) is 0 Å². The highest BCUT2D eigenvalue weighted by molar-refractivity contribution is 9.10. The summed E-state index contributed by atoms with van der Waals surface area (Å²) in [6.07, 6.45) is 3.25. The Balaban J connectivity index is 1.83. The van der Waals surface area contributed by atoms with Crippen LogP contribution in [0.15, 0.2) is 28.4 Å². The molecule has 0 fully saturated rings. The molecule has 0 aliphatic rings. The Hall–Kier alpha value is -1.47. The maximum Gasteiger partial charge on any atom is 0.160 e. The predicted molar refractivity (Wildman–Crippen MR) is 71.0 cm³/mol. The summed E-state index contributed by atoms with van der Waals surface area (Å²) in [4.78, 5) is 9.54. The van der Waals surface area contributed by atoms with Gasteiger partial charge in [0, 0.05) is 14.7 Å². The minimum atomic E-state index is 0.744. The van der Waals surface area contributed by atoms with Crippen LogP contribution in [0.25, 0.3) is 11.0 Å². The Kier molecular flexibility index (Phi) is 2.77. The summed E-state index contributed by atoms with van der Waals surface area (Å²) in [5, 5.41) is 13.0. The van der Waals surface area contributed by atoms with Crippen LogP contribution in [-0.4, -0.2) is 20.2 Å². The molecule has 3 heterocycles. The molecule has 0 radical (unpaired) electrons. The Morgan fingerprint density at radius 1 is 1.41 bits per heavy atom. The number of aromatic nitrogens is 4. The van der Waals surface area contributed by atoms with E-state index in [2.05, 4.69) is 52.9 Å². The zero-order chi connectivity index (χ0) is 11.7. The number of hydrogen-bond donors (Lipinski definition) is 2. The van der Waals surface area contributed by atoms with Gasteiger partial charge in [-0.1, -0.05) is 0 Å². The highest BCUT2D eigenvalue weighted by Gasteiger charge is 2.05. The van der Waals surface area contributed by atoms with Crippen LogP contribution in [0.2, 0.25) is 0 Å². The molecule has 0 unspecified atom stereocenters. The van der Waals surface area contributed by atoms with Gasteiger partial charge in [0.2, 0.25) is 0 Å². The lowest BCUT2D eigenvalue weighted by Gasteiger charge is -2.03. The van der Waals surface area contributed by atoms with Crippen LogP contribution in [-0.2, 0) is 6.54 Å². The Labute approximate surface area is 109 Å². The van der Waals surface area contributed by atoms with E-state index in [-0.39, 0.29) is 0 Å². The molecule has 7 heteroatoms. The van der Waals surface area contributed by atoms with Gasteiger partial charge in [0.15, 0.2) is 5.65 Å². The van der Waals surface area contributed by atoms with E-state index in [9.17, 15) is 0 Å². The van der Waals surface area contributed by atoms with Gasteiger partial charge < -0.3 is 5.32 Å². The van der Waals surface area contributed by atoms with Crippen molar-refractivity contribution >= 4 is 44.1 Å². The van der Waals surface area contributed by atoms with Crippen LogP contribution >= 0.6 is 27.3 Å². The molecule has 0 atom stereocenters. The van der Waals surface area contributed by atoms with Crippen molar-refractivity contribution in [1.82, 2.24) is 20.2 Å². The van der Waals surface area contributed by atoms with Gasteiger partial charge in [0.1, 0.15) is 12.1 Å². The van der Waals surface area contributed by atoms with Crippen molar-refractivity contribution in [2.75, 3.05) is 5.32 Å². The van der Waals surface area contributed by atoms with E-state index in [0.29, 0.717) is 0 Å². The number of thiophene rings is 1. The van der Waals surface area contributed by atoms with E-state index in [1.54, 1.807) is 17.5 Å². The second-order valence-electron chi connectivity index (χ2n) is 3.44. The lowest BCUT2D eigenvalue weighted by atomic mass is 10.4. The molecule has 5 nitrogen and oxygen atoms in total. The van der Waals surface area contributed by atoms with Crippen LogP contribution in [0.5, 0.6) is 0 Å². The first kappa shape index (κ1) is 10.7. The molecule has 17 heavy (non-hydrogen) atoms. The molecule has 0 aliphatic carbocycles. The normalized spacial score (nSPS) is 10.9. The molecule has 0 aliphatic heterocycles. The first-order valence-corrected chi connectivity index (χ1v) is 6.61. The van der Waals surface area contributed by atoms with E-state index in [1.165, 1.54) is 11.2 Å². The lowest BCUT2D eigenvalue weighted by molar-refractivity contribution is 1.08. The van der Waals surface area contributed by atoms with Crippen molar-refractivity contribution in [2.45, 2.75) is 6.54 Å². The number of H-pyrrole nitrogens is 1. The minimum Gasteiger partial charge on any atom is -0.364 e. The van der Waals surface area contributed by atoms with E-state index in [0.717, 1.165) is 27.9 Å². The third kappa shape index (κ3) is 2.16. The molecule has 0 saturated carbocycles. The van der Waals surface area contributed by atoms with Crippen LogP contribution in [0.4, 0.5) is 5.82 Å². The van der Waals surface area contributed by atoms with Gasteiger partial charge in [-0.15, -0.1) is 11.3 Å². The fourth-order valence-corrected chi connectivity index (χ4v) is 2.91. The van der Waals surface area contributed by atoms with Gasteiger partial charge in [0.05, 0.1) is 18.1 Å². The monoisotopic (exact) mass is 309 g/mol. The average molecular weight is 310 g/mol. The van der Waals surface area contributed by atoms with Crippen molar-refractivity contribution in [3.63, 3.8) is 0 Å². The van der Waals surface area contributed by atoms with E-state index >= 15 is 0 Å². The molecular formula is C10H8BrN5S. The molecule has 3 aromatic heterocycles. The minimum absolute atomic E-state index is 0.744. The van der Waals surface area contributed by atoms with Crippen molar-refractivity contribution in [2.24, 2.45) is 0 Å². The summed E-state index contributed by atoms with van der Waals surface area (Å²) in [5.41, 5.74) is 0.745. The Morgan fingerprint density at radius 3 is 3.18 bits per heavy atom. The van der Waals surface area contributed by atoms with Gasteiger partial charge in [-0.3, -0.25) is 5.10 Å². The van der Waals surface area contributed by atoms with Gasteiger partial charge in [-0.2, -0.15) is 5.10 Å². The first-order valence-electron chi connectivity index (χ1n) is 4.94. The van der Waals surface area contributed by atoms with Crippen LogP contribution in [0.1, 0.15) is 4.88 Å². The number of nitrogens with zero attached hydrogens (tertiary/aromatic N) is 3. The first-order chi connectivity index (χ1) is 8.33. The topological polar surface area (TPSA) is 66.5 Å². The molecule has 86 valence electrons. The largest absolute Gasteiger partial charge is 0.364 e. The highest BCUT2D eigenvalue weighted by atomic mass is 79.9. The number of fused-ring (bicyclic) bond motifs is 1. The predicted octanol–water partition coefficient (Wildman–Crippen LogP) is 2.79. The number of anilines is 1. The molecule has 3 rings (SSSR count). The molecule has 2 N–H and O–H groups in total. The van der Waals surface area contributed by atoms with Crippen LogP contribution in [0, 0.1) is 0 Å². The van der Waals surface area contributed by atoms with Crippen molar-refractivity contribution in [1.29, 1.82) is 0 Å². The Bertz CT molecular complexity index is 647. The number of nitrogens with one attached hydrogen (secondary N) is 2. The second kappa shape index (κ2) is 4.42. The quantitative estimate of drug-likeness (QED) is 0.780. The molecular weight excluding hydrogens is 302 g/mol. The van der Waals surface area contributed by atoms with E-state index in [4.69, 9.17) is 0 Å². The molecule has 0 aromatic carbocycles. The number of hydrogen-bond acceptors (Lipinski definition) is 5. The fraction of sp³-hybridized carbons (Fsp3) is 0.100. The molecule has 0 bridgehead atoms. The summed E-state index contributed by atoms with van der Waals surface area (Å²) in [6.45, 7) is 0.744.